The minimum Gasteiger partial charge on any atom is -0.334 e. The maximum Gasteiger partial charge on any atom is 0.417 e. The SMILES string of the molecule is O=C(CNC(=O)NCc1ccc(F)cc1)Nc1cc(C(F)(F)F)c[nH]c1=O. The van der Waals surface area contributed by atoms with E-state index in [-0.39, 0.29) is 6.54 Å². The molecule has 0 aliphatic heterocycles. The number of halogens is 4. The van der Waals surface area contributed by atoms with Crippen molar-refractivity contribution in [3.05, 3.63) is 63.8 Å². The van der Waals surface area contributed by atoms with Gasteiger partial charge in [0.1, 0.15) is 11.5 Å². The van der Waals surface area contributed by atoms with Gasteiger partial charge in [-0.15, -0.1) is 0 Å². The summed E-state index contributed by atoms with van der Waals surface area (Å²) in [6.07, 6.45) is -4.21. The van der Waals surface area contributed by atoms with Gasteiger partial charge >= 0.3 is 12.2 Å². The van der Waals surface area contributed by atoms with Crippen molar-refractivity contribution in [2.45, 2.75) is 12.7 Å². The van der Waals surface area contributed by atoms with Crippen molar-refractivity contribution in [2.75, 3.05) is 11.9 Å². The molecule has 4 N–H and O–H groups in total. The number of benzene rings is 1. The highest BCUT2D eigenvalue weighted by Crippen LogP contribution is 2.29. The van der Waals surface area contributed by atoms with Crippen molar-refractivity contribution in [3.8, 4) is 0 Å². The molecular weight excluding hydrogens is 372 g/mol. The zero-order chi connectivity index (χ0) is 20.0. The predicted octanol–water partition coefficient (Wildman–Crippen LogP) is 1.97. The van der Waals surface area contributed by atoms with Gasteiger partial charge in [0.15, 0.2) is 0 Å². The van der Waals surface area contributed by atoms with Crippen LogP contribution in [0.15, 0.2) is 41.3 Å². The normalized spacial score (nSPS) is 11.0. The number of nitrogens with one attached hydrogen (secondary N) is 4. The smallest absolute Gasteiger partial charge is 0.334 e. The highest BCUT2D eigenvalue weighted by Gasteiger charge is 2.31. The third kappa shape index (κ3) is 6.13. The van der Waals surface area contributed by atoms with Crippen LogP contribution in [0.4, 0.5) is 28.0 Å². The van der Waals surface area contributed by atoms with E-state index in [1.54, 1.807) is 0 Å². The highest BCUT2D eigenvalue weighted by atomic mass is 19.4. The molecule has 0 radical (unpaired) electrons. The second-order valence-electron chi connectivity index (χ2n) is 5.34. The minimum atomic E-state index is -4.69. The number of aromatic nitrogens is 1. The van der Waals surface area contributed by atoms with E-state index >= 15 is 0 Å². The molecule has 27 heavy (non-hydrogen) atoms. The van der Waals surface area contributed by atoms with Gasteiger partial charge in [0.05, 0.1) is 12.1 Å². The van der Waals surface area contributed by atoms with Gasteiger partial charge in [0, 0.05) is 12.7 Å². The topological polar surface area (TPSA) is 103 Å². The van der Waals surface area contributed by atoms with Gasteiger partial charge in [0.25, 0.3) is 5.56 Å². The summed E-state index contributed by atoms with van der Waals surface area (Å²) in [5, 5.41) is 6.58. The van der Waals surface area contributed by atoms with Crippen LogP contribution in [0.5, 0.6) is 0 Å². The van der Waals surface area contributed by atoms with Gasteiger partial charge in [-0.2, -0.15) is 13.2 Å². The lowest BCUT2D eigenvalue weighted by Gasteiger charge is -2.10. The summed E-state index contributed by atoms with van der Waals surface area (Å²) < 4.78 is 50.6. The van der Waals surface area contributed by atoms with Crippen LogP contribution in [0, 0.1) is 5.82 Å². The van der Waals surface area contributed by atoms with Crippen molar-refractivity contribution in [1.29, 1.82) is 0 Å². The van der Waals surface area contributed by atoms with Gasteiger partial charge in [-0.3, -0.25) is 9.59 Å². The average Bonchev–Trinajstić information content (AvgIpc) is 2.60. The number of aromatic amines is 1. The first kappa shape index (κ1) is 19.9. The molecule has 0 bridgehead atoms. The molecule has 0 saturated carbocycles. The van der Waals surface area contributed by atoms with E-state index in [1.807, 2.05) is 10.3 Å². The lowest BCUT2D eigenvalue weighted by Crippen LogP contribution is -2.40. The molecule has 0 saturated heterocycles. The summed E-state index contributed by atoms with van der Waals surface area (Å²) in [5.74, 6) is -1.32. The van der Waals surface area contributed by atoms with Crippen molar-refractivity contribution in [2.24, 2.45) is 0 Å². The van der Waals surface area contributed by atoms with Crippen LogP contribution in [0.25, 0.3) is 0 Å². The van der Waals surface area contributed by atoms with Crippen LogP contribution in [-0.4, -0.2) is 23.5 Å². The van der Waals surface area contributed by atoms with Crippen molar-refractivity contribution in [1.82, 2.24) is 15.6 Å². The molecule has 0 fully saturated rings. The van der Waals surface area contributed by atoms with E-state index in [9.17, 15) is 31.9 Å². The molecule has 1 aromatic carbocycles. The Labute approximate surface area is 149 Å². The molecule has 11 heteroatoms. The van der Waals surface area contributed by atoms with Gasteiger partial charge in [0.2, 0.25) is 5.91 Å². The Morgan fingerprint density at radius 3 is 2.37 bits per heavy atom. The first-order chi connectivity index (χ1) is 12.6. The fourth-order valence-corrected chi connectivity index (χ4v) is 1.94. The zero-order valence-corrected chi connectivity index (χ0v) is 13.6. The van der Waals surface area contributed by atoms with Crippen LogP contribution in [0.3, 0.4) is 0 Å². The summed E-state index contributed by atoms with van der Waals surface area (Å²) in [6, 6.07) is 5.12. The number of alkyl halides is 3. The van der Waals surface area contributed by atoms with E-state index < -0.39 is 47.3 Å². The number of hydrogen-bond donors (Lipinski definition) is 4. The second-order valence-corrected chi connectivity index (χ2v) is 5.34. The number of H-pyrrole nitrogens is 1. The molecule has 144 valence electrons. The van der Waals surface area contributed by atoms with E-state index in [2.05, 4.69) is 10.6 Å². The van der Waals surface area contributed by atoms with Gasteiger partial charge in [-0.25, -0.2) is 9.18 Å². The predicted molar refractivity (Wildman–Crippen MR) is 87.3 cm³/mol. The number of urea groups is 1. The van der Waals surface area contributed by atoms with Crippen LogP contribution < -0.4 is 21.5 Å². The van der Waals surface area contributed by atoms with Crippen molar-refractivity contribution < 1.29 is 27.2 Å². The Bertz CT molecular complexity index is 878. The summed E-state index contributed by atoms with van der Waals surface area (Å²) in [5.41, 5.74) is -2.03. The molecular formula is C16H14F4N4O3. The Kier molecular flexibility index (Phi) is 6.16. The Morgan fingerprint density at radius 1 is 1.07 bits per heavy atom. The summed E-state index contributed by atoms with van der Waals surface area (Å²) >= 11 is 0. The maximum atomic E-state index is 12.8. The zero-order valence-electron chi connectivity index (χ0n) is 13.6. The molecule has 1 aromatic heterocycles. The van der Waals surface area contributed by atoms with Gasteiger partial charge in [-0.1, -0.05) is 12.1 Å². The molecule has 0 aliphatic rings. The molecule has 0 atom stereocenters. The number of hydrogen-bond acceptors (Lipinski definition) is 3. The van der Waals surface area contributed by atoms with Crippen LogP contribution in [-0.2, 0) is 17.5 Å². The largest absolute Gasteiger partial charge is 0.417 e. The number of carbonyl (C=O) groups is 2. The standard InChI is InChI=1S/C16H14F4N4O3/c17-11-3-1-9(2-4-11)6-22-15(27)23-8-13(25)24-12-5-10(16(18,19)20)7-21-14(12)26/h1-5,7H,6,8H2,(H,21,26)(H,24,25)(H2,22,23,27). The molecule has 7 nitrogen and oxygen atoms in total. The third-order valence-electron chi connectivity index (χ3n) is 3.28. The van der Waals surface area contributed by atoms with E-state index in [0.717, 1.165) is 0 Å². The third-order valence-corrected chi connectivity index (χ3v) is 3.28. The van der Waals surface area contributed by atoms with E-state index in [4.69, 9.17) is 0 Å². The molecule has 1 heterocycles. The van der Waals surface area contributed by atoms with E-state index in [1.165, 1.54) is 24.3 Å². The van der Waals surface area contributed by atoms with Gasteiger partial charge < -0.3 is 20.9 Å². The first-order valence-corrected chi connectivity index (χ1v) is 7.51. The van der Waals surface area contributed by atoms with Crippen molar-refractivity contribution in [3.63, 3.8) is 0 Å². The lowest BCUT2D eigenvalue weighted by molar-refractivity contribution is -0.137. The Balaban J connectivity index is 1.84. The molecule has 0 aliphatic carbocycles. The minimum absolute atomic E-state index is 0.0705. The monoisotopic (exact) mass is 386 g/mol. The number of anilines is 1. The second kappa shape index (κ2) is 8.34. The number of amides is 3. The number of carbonyl (C=O) groups excluding carboxylic acids is 2. The van der Waals surface area contributed by atoms with Crippen molar-refractivity contribution >= 4 is 17.6 Å². The maximum absolute atomic E-state index is 12.8. The Hall–Kier alpha value is -3.37. The quantitative estimate of drug-likeness (QED) is 0.591. The lowest BCUT2D eigenvalue weighted by atomic mass is 10.2. The fourth-order valence-electron chi connectivity index (χ4n) is 1.94. The average molecular weight is 386 g/mol. The molecule has 0 unspecified atom stereocenters. The molecule has 0 spiro atoms. The first-order valence-electron chi connectivity index (χ1n) is 7.51. The Morgan fingerprint density at radius 2 is 1.74 bits per heavy atom. The molecule has 2 aromatic rings. The fraction of sp³-hybridized carbons (Fsp3) is 0.188. The number of rotatable bonds is 5. The van der Waals surface area contributed by atoms with Crippen LogP contribution >= 0.6 is 0 Å². The van der Waals surface area contributed by atoms with Crippen LogP contribution in [0.2, 0.25) is 0 Å². The highest BCUT2D eigenvalue weighted by molar-refractivity contribution is 5.94. The van der Waals surface area contributed by atoms with Crippen LogP contribution in [0.1, 0.15) is 11.1 Å². The van der Waals surface area contributed by atoms with E-state index in [0.29, 0.717) is 17.8 Å². The molecule has 2 rings (SSSR count). The number of pyridine rings is 1. The summed E-state index contributed by atoms with van der Waals surface area (Å²) in [6.45, 7) is -0.508. The summed E-state index contributed by atoms with van der Waals surface area (Å²) in [4.78, 5) is 36.7. The summed E-state index contributed by atoms with van der Waals surface area (Å²) in [7, 11) is 0. The molecule has 3 amide bonds. The van der Waals surface area contributed by atoms with Gasteiger partial charge in [-0.05, 0) is 23.8 Å².